The van der Waals surface area contributed by atoms with E-state index in [1.54, 1.807) is 6.26 Å². The molecular formula is C9H12N2O. The molecule has 12 heavy (non-hydrogen) atoms. The zero-order chi connectivity index (χ0) is 8.81. The van der Waals surface area contributed by atoms with Crippen LogP contribution in [-0.4, -0.2) is 6.04 Å². The number of nitrogens with zero attached hydrogens (tertiary/aromatic N) is 1. The highest BCUT2D eigenvalue weighted by Gasteiger charge is 2.00. The topological polar surface area (TPSA) is 49.0 Å². The lowest BCUT2D eigenvalue weighted by molar-refractivity contribution is 0.457. The summed E-state index contributed by atoms with van der Waals surface area (Å²) in [5, 5.41) is 11.6. The molecule has 1 atom stereocenters. The van der Waals surface area contributed by atoms with E-state index >= 15 is 0 Å². The number of hydrogen-bond acceptors (Lipinski definition) is 3. The molecule has 1 aromatic rings. The summed E-state index contributed by atoms with van der Waals surface area (Å²) in [7, 11) is 0. The fourth-order valence-electron chi connectivity index (χ4n) is 0.897. The Bertz CT molecular complexity index is 248. The smallest absolute Gasteiger partial charge is 0.117 e. The molecule has 0 saturated heterocycles. The van der Waals surface area contributed by atoms with Crippen LogP contribution < -0.4 is 5.32 Å². The van der Waals surface area contributed by atoms with Gasteiger partial charge in [0.05, 0.1) is 25.3 Å². The van der Waals surface area contributed by atoms with Crippen LogP contribution >= 0.6 is 0 Å². The molecule has 3 heteroatoms. The van der Waals surface area contributed by atoms with Gasteiger partial charge in [0.25, 0.3) is 0 Å². The Morgan fingerprint density at radius 3 is 3.17 bits per heavy atom. The van der Waals surface area contributed by atoms with Crippen LogP contribution in [0.3, 0.4) is 0 Å². The van der Waals surface area contributed by atoms with Crippen LogP contribution in [0.1, 0.15) is 19.1 Å². The molecule has 1 aromatic heterocycles. The predicted molar refractivity (Wildman–Crippen MR) is 45.2 cm³/mol. The molecule has 1 heterocycles. The number of rotatable bonds is 4. The molecule has 0 amide bonds. The third-order valence-electron chi connectivity index (χ3n) is 1.60. The van der Waals surface area contributed by atoms with E-state index in [2.05, 4.69) is 11.4 Å². The highest BCUT2D eigenvalue weighted by molar-refractivity contribution is 4.97. The fourth-order valence-corrected chi connectivity index (χ4v) is 0.897. The van der Waals surface area contributed by atoms with E-state index in [9.17, 15) is 0 Å². The molecular weight excluding hydrogens is 152 g/mol. The van der Waals surface area contributed by atoms with Crippen LogP contribution in [0.4, 0.5) is 0 Å². The van der Waals surface area contributed by atoms with E-state index < -0.39 is 0 Å². The Morgan fingerprint density at radius 2 is 2.58 bits per heavy atom. The maximum absolute atomic E-state index is 8.38. The third kappa shape index (κ3) is 2.77. The Labute approximate surface area is 72.0 Å². The maximum atomic E-state index is 8.38. The molecule has 1 N–H and O–H groups in total. The highest BCUT2D eigenvalue weighted by Crippen LogP contribution is 1.99. The maximum Gasteiger partial charge on any atom is 0.117 e. The molecule has 0 bridgehead atoms. The van der Waals surface area contributed by atoms with Crippen LogP contribution in [0.5, 0.6) is 0 Å². The van der Waals surface area contributed by atoms with Crippen LogP contribution in [0.25, 0.3) is 0 Å². The first-order chi connectivity index (χ1) is 5.83. The van der Waals surface area contributed by atoms with Gasteiger partial charge in [-0.25, -0.2) is 0 Å². The summed E-state index contributed by atoms with van der Waals surface area (Å²) in [6.07, 6.45) is 2.17. The molecule has 0 spiro atoms. The van der Waals surface area contributed by atoms with Crippen molar-refractivity contribution in [1.82, 2.24) is 5.32 Å². The van der Waals surface area contributed by atoms with Gasteiger partial charge in [0, 0.05) is 6.04 Å². The molecule has 0 aliphatic carbocycles. The second-order valence-corrected chi connectivity index (χ2v) is 2.72. The summed E-state index contributed by atoms with van der Waals surface area (Å²) in [5.41, 5.74) is 0. The Balaban J connectivity index is 2.23. The van der Waals surface area contributed by atoms with Crippen molar-refractivity contribution in [1.29, 1.82) is 5.26 Å². The summed E-state index contributed by atoms with van der Waals surface area (Å²) in [6.45, 7) is 2.67. The van der Waals surface area contributed by atoms with Crippen LogP contribution in [-0.2, 0) is 6.54 Å². The number of furan rings is 1. The molecule has 1 rings (SSSR count). The average Bonchev–Trinajstić information content (AvgIpc) is 2.53. The second kappa shape index (κ2) is 4.58. The fraction of sp³-hybridized carbons (Fsp3) is 0.444. The first kappa shape index (κ1) is 8.82. The van der Waals surface area contributed by atoms with E-state index in [1.165, 1.54) is 0 Å². The summed E-state index contributed by atoms with van der Waals surface area (Å²) < 4.78 is 5.12. The molecule has 0 aliphatic rings. The van der Waals surface area contributed by atoms with Gasteiger partial charge in [0.1, 0.15) is 5.76 Å². The monoisotopic (exact) mass is 164 g/mol. The molecule has 0 saturated carbocycles. The quantitative estimate of drug-likeness (QED) is 0.736. The summed E-state index contributed by atoms with van der Waals surface area (Å²) in [6, 6.07) is 6.09. The van der Waals surface area contributed by atoms with E-state index in [-0.39, 0.29) is 6.04 Å². The lowest BCUT2D eigenvalue weighted by Gasteiger charge is -2.07. The van der Waals surface area contributed by atoms with Crippen molar-refractivity contribution in [3.8, 4) is 6.07 Å². The molecule has 0 aromatic carbocycles. The zero-order valence-corrected chi connectivity index (χ0v) is 7.08. The van der Waals surface area contributed by atoms with Crippen LogP contribution in [0.15, 0.2) is 22.8 Å². The number of nitrogens with one attached hydrogen (secondary N) is 1. The van der Waals surface area contributed by atoms with Gasteiger partial charge < -0.3 is 9.73 Å². The SMILES string of the molecule is CC(CC#N)NCc1ccco1. The Morgan fingerprint density at radius 1 is 1.75 bits per heavy atom. The van der Waals surface area contributed by atoms with Gasteiger partial charge in [-0.1, -0.05) is 0 Å². The highest BCUT2D eigenvalue weighted by atomic mass is 16.3. The van der Waals surface area contributed by atoms with Crippen molar-refractivity contribution >= 4 is 0 Å². The van der Waals surface area contributed by atoms with Crippen LogP contribution in [0.2, 0.25) is 0 Å². The van der Waals surface area contributed by atoms with Crippen molar-refractivity contribution in [3.05, 3.63) is 24.2 Å². The largest absolute Gasteiger partial charge is 0.468 e. The van der Waals surface area contributed by atoms with E-state index in [0.717, 1.165) is 5.76 Å². The third-order valence-corrected chi connectivity index (χ3v) is 1.60. The van der Waals surface area contributed by atoms with Gasteiger partial charge in [-0.3, -0.25) is 0 Å². The first-order valence-corrected chi connectivity index (χ1v) is 3.95. The molecule has 64 valence electrons. The lowest BCUT2D eigenvalue weighted by atomic mass is 10.2. The van der Waals surface area contributed by atoms with Crippen molar-refractivity contribution < 1.29 is 4.42 Å². The van der Waals surface area contributed by atoms with Gasteiger partial charge in [0.15, 0.2) is 0 Å². The number of hydrogen-bond donors (Lipinski definition) is 1. The minimum absolute atomic E-state index is 0.222. The van der Waals surface area contributed by atoms with E-state index in [1.807, 2.05) is 19.1 Å². The zero-order valence-electron chi connectivity index (χ0n) is 7.08. The summed E-state index contributed by atoms with van der Waals surface area (Å²) >= 11 is 0. The summed E-state index contributed by atoms with van der Waals surface area (Å²) in [4.78, 5) is 0. The number of nitriles is 1. The minimum Gasteiger partial charge on any atom is -0.468 e. The second-order valence-electron chi connectivity index (χ2n) is 2.72. The van der Waals surface area contributed by atoms with Gasteiger partial charge >= 0.3 is 0 Å². The van der Waals surface area contributed by atoms with Gasteiger partial charge in [-0.15, -0.1) is 0 Å². The average molecular weight is 164 g/mol. The standard InChI is InChI=1S/C9H12N2O/c1-8(4-5-10)11-7-9-3-2-6-12-9/h2-3,6,8,11H,4,7H2,1H3. The Hall–Kier alpha value is -1.27. The molecule has 3 nitrogen and oxygen atoms in total. The molecule has 0 aliphatic heterocycles. The normalized spacial score (nSPS) is 12.3. The minimum atomic E-state index is 0.222. The van der Waals surface area contributed by atoms with E-state index in [0.29, 0.717) is 13.0 Å². The van der Waals surface area contributed by atoms with Crippen molar-refractivity contribution in [2.45, 2.75) is 25.9 Å². The summed E-state index contributed by atoms with van der Waals surface area (Å²) in [5.74, 6) is 0.903. The van der Waals surface area contributed by atoms with E-state index in [4.69, 9.17) is 9.68 Å². The van der Waals surface area contributed by atoms with Crippen molar-refractivity contribution in [2.75, 3.05) is 0 Å². The first-order valence-electron chi connectivity index (χ1n) is 3.95. The molecule has 1 unspecified atom stereocenters. The van der Waals surface area contributed by atoms with Gasteiger partial charge in [-0.2, -0.15) is 5.26 Å². The van der Waals surface area contributed by atoms with Gasteiger partial charge in [0.2, 0.25) is 0 Å². The predicted octanol–water partition coefficient (Wildman–Crippen LogP) is 1.67. The van der Waals surface area contributed by atoms with Crippen molar-refractivity contribution in [2.24, 2.45) is 0 Å². The molecule has 0 radical (unpaired) electrons. The molecule has 0 fully saturated rings. The Kier molecular flexibility index (Phi) is 3.36. The lowest BCUT2D eigenvalue weighted by Crippen LogP contribution is -2.24. The van der Waals surface area contributed by atoms with Crippen molar-refractivity contribution in [3.63, 3.8) is 0 Å². The van der Waals surface area contributed by atoms with Gasteiger partial charge in [-0.05, 0) is 19.1 Å². The van der Waals surface area contributed by atoms with Crippen LogP contribution in [0, 0.1) is 11.3 Å².